The maximum atomic E-state index is 12.4. The summed E-state index contributed by atoms with van der Waals surface area (Å²) in [7, 11) is 0. The molecule has 2 aromatic carbocycles. The van der Waals surface area contributed by atoms with Gasteiger partial charge in [-0.15, -0.1) is 0 Å². The van der Waals surface area contributed by atoms with E-state index in [1.807, 2.05) is 6.07 Å². The molecule has 0 atom stereocenters. The van der Waals surface area contributed by atoms with Crippen LogP contribution in [0.5, 0.6) is 5.75 Å². The molecule has 11 heteroatoms. The molecule has 0 saturated heterocycles. The summed E-state index contributed by atoms with van der Waals surface area (Å²) in [5.41, 5.74) is 1.52. The number of aromatic nitrogens is 3. The van der Waals surface area contributed by atoms with E-state index in [0.717, 1.165) is 0 Å². The van der Waals surface area contributed by atoms with E-state index in [0.29, 0.717) is 27.9 Å². The minimum absolute atomic E-state index is 0.00763. The highest BCUT2D eigenvalue weighted by Gasteiger charge is 2.21. The van der Waals surface area contributed by atoms with Gasteiger partial charge >= 0.3 is 5.97 Å². The van der Waals surface area contributed by atoms with Crippen LogP contribution < -0.4 is 4.74 Å². The van der Waals surface area contributed by atoms with Gasteiger partial charge in [-0.3, -0.25) is 10.1 Å². The lowest BCUT2D eigenvalue weighted by Crippen LogP contribution is -2.08. The summed E-state index contributed by atoms with van der Waals surface area (Å²) in [5.74, 6) is -0.162. The first-order chi connectivity index (χ1) is 16.0. The maximum absolute atomic E-state index is 12.4. The number of esters is 1. The summed E-state index contributed by atoms with van der Waals surface area (Å²) in [5, 5.41) is 15.6. The number of hydrogen-bond acceptors (Lipinski definition) is 8. The van der Waals surface area contributed by atoms with E-state index >= 15 is 0 Å². The van der Waals surface area contributed by atoms with E-state index in [1.54, 1.807) is 25.1 Å². The molecule has 33 heavy (non-hydrogen) atoms. The van der Waals surface area contributed by atoms with Gasteiger partial charge in [0.2, 0.25) is 11.6 Å². The molecule has 0 aliphatic rings. The van der Waals surface area contributed by atoms with Crippen molar-refractivity contribution in [3.05, 3.63) is 87.5 Å². The standard InChI is InChI=1S/C22H17ClN4O6/c1-2-31-22(28)20-19(11-26(25-20)15-7-9-16(10-8-15)27(29)30)32-12-14-13-33-21(24-14)17-5-3-4-6-18(17)23/h3-11,13H,2,12H2,1H3. The molecule has 0 radical (unpaired) electrons. The number of nitro groups is 1. The number of hydrogen-bond donors (Lipinski definition) is 0. The van der Waals surface area contributed by atoms with Gasteiger partial charge in [0.05, 0.1) is 34.0 Å². The lowest BCUT2D eigenvalue weighted by atomic mass is 10.2. The Morgan fingerprint density at radius 2 is 1.97 bits per heavy atom. The Balaban J connectivity index is 1.57. The third kappa shape index (κ3) is 4.85. The van der Waals surface area contributed by atoms with Crippen LogP contribution >= 0.6 is 11.6 Å². The number of halogens is 1. The van der Waals surface area contributed by atoms with Gasteiger partial charge in [-0.1, -0.05) is 23.7 Å². The summed E-state index contributed by atoms with van der Waals surface area (Å²) in [4.78, 5) is 27.1. The lowest BCUT2D eigenvalue weighted by molar-refractivity contribution is -0.384. The molecule has 0 spiro atoms. The van der Waals surface area contributed by atoms with Gasteiger partial charge in [0, 0.05) is 12.1 Å². The van der Waals surface area contributed by atoms with Crippen molar-refractivity contribution in [3.63, 3.8) is 0 Å². The Morgan fingerprint density at radius 1 is 1.21 bits per heavy atom. The Morgan fingerprint density at radius 3 is 2.67 bits per heavy atom. The van der Waals surface area contributed by atoms with Crippen LogP contribution in [0.3, 0.4) is 0 Å². The number of carbonyl (C=O) groups excluding carboxylic acids is 1. The zero-order valence-corrected chi connectivity index (χ0v) is 18.1. The third-order valence-electron chi connectivity index (χ3n) is 4.51. The molecule has 4 rings (SSSR count). The number of non-ortho nitro benzene ring substituents is 1. The molecule has 0 aliphatic carbocycles. The summed E-state index contributed by atoms with van der Waals surface area (Å²) >= 11 is 6.18. The first-order valence-corrected chi connectivity index (χ1v) is 10.2. The molecule has 0 bridgehead atoms. The van der Waals surface area contributed by atoms with Gasteiger partial charge in [-0.05, 0) is 31.2 Å². The summed E-state index contributed by atoms with van der Waals surface area (Å²) in [6.07, 6.45) is 2.92. The topological polar surface area (TPSA) is 123 Å². The summed E-state index contributed by atoms with van der Waals surface area (Å²) in [6, 6.07) is 12.8. The van der Waals surface area contributed by atoms with Crippen molar-refractivity contribution in [2.45, 2.75) is 13.5 Å². The van der Waals surface area contributed by atoms with Gasteiger partial charge in [0.1, 0.15) is 18.6 Å². The second kappa shape index (κ2) is 9.53. The van der Waals surface area contributed by atoms with Crippen LogP contribution in [-0.4, -0.2) is 32.3 Å². The molecule has 0 saturated carbocycles. The zero-order valence-electron chi connectivity index (χ0n) is 17.3. The van der Waals surface area contributed by atoms with Gasteiger partial charge in [-0.2, -0.15) is 5.10 Å². The van der Waals surface area contributed by atoms with Crippen LogP contribution in [0.4, 0.5) is 5.69 Å². The molecule has 168 valence electrons. The van der Waals surface area contributed by atoms with E-state index in [-0.39, 0.29) is 30.3 Å². The Labute approximate surface area is 192 Å². The Hall–Kier alpha value is -4.18. The van der Waals surface area contributed by atoms with E-state index < -0.39 is 10.9 Å². The molecular weight excluding hydrogens is 452 g/mol. The second-order valence-electron chi connectivity index (χ2n) is 6.69. The number of rotatable bonds is 8. The highest BCUT2D eigenvalue weighted by molar-refractivity contribution is 6.33. The van der Waals surface area contributed by atoms with Gasteiger partial charge in [-0.25, -0.2) is 14.5 Å². The second-order valence-corrected chi connectivity index (χ2v) is 7.10. The fraction of sp³-hybridized carbons (Fsp3) is 0.136. The zero-order chi connectivity index (χ0) is 23.4. The minimum Gasteiger partial charge on any atom is -0.483 e. The third-order valence-corrected chi connectivity index (χ3v) is 4.84. The first kappa shape index (κ1) is 22.0. The summed E-state index contributed by atoms with van der Waals surface area (Å²) in [6.45, 7) is 1.83. The fourth-order valence-electron chi connectivity index (χ4n) is 2.95. The van der Waals surface area contributed by atoms with Crippen molar-refractivity contribution in [2.24, 2.45) is 0 Å². The van der Waals surface area contributed by atoms with E-state index in [9.17, 15) is 14.9 Å². The lowest BCUT2D eigenvalue weighted by Gasteiger charge is -2.03. The number of nitro benzene ring substituents is 1. The van der Waals surface area contributed by atoms with Crippen molar-refractivity contribution in [1.82, 2.24) is 14.8 Å². The Kier molecular flexibility index (Phi) is 6.36. The molecule has 0 aliphatic heterocycles. The smallest absolute Gasteiger partial charge is 0.362 e. The quantitative estimate of drug-likeness (QED) is 0.204. The number of benzene rings is 2. The molecular formula is C22H17ClN4O6. The van der Waals surface area contributed by atoms with Crippen LogP contribution in [0.15, 0.2) is 65.4 Å². The number of carbonyl (C=O) groups is 1. The monoisotopic (exact) mass is 468 g/mol. The average molecular weight is 469 g/mol. The molecule has 10 nitrogen and oxygen atoms in total. The number of ether oxygens (including phenoxy) is 2. The highest BCUT2D eigenvalue weighted by atomic mass is 35.5. The maximum Gasteiger partial charge on any atom is 0.362 e. The van der Waals surface area contributed by atoms with Crippen LogP contribution in [-0.2, 0) is 11.3 Å². The molecule has 0 unspecified atom stereocenters. The van der Waals surface area contributed by atoms with Gasteiger partial charge in [0.25, 0.3) is 5.69 Å². The normalized spacial score (nSPS) is 10.7. The number of nitrogens with zero attached hydrogens (tertiary/aromatic N) is 4. The minimum atomic E-state index is -0.662. The van der Waals surface area contributed by atoms with E-state index in [2.05, 4.69) is 10.1 Å². The van der Waals surface area contributed by atoms with Crippen molar-refractivity contribution < 1.29 is 23.6 Å². The molecule has 2 heterocycles. The van der Waals surface area contributed by atoms with Crippen LogP contribution in [0.2, 0.25) is 5.02 Å². The molecule has 0 N–H and O–H groups in total. The van der Waals surface area contributed by atoms with Crippen LogP contribution in [0, 0.1) is 10.1 Å². The predicted octanol–water partition coefficient (Wildman–Crippen LogP) is 4.84. The van der Waals surface area contributed by atoms with Gasteiger partial charge in [0.15, 0.2) is 5.75 Å². The molecule has 0 amide bonds. The molecule has 2 aromatic heterocycles. The van der Waals surface area contributed by atoms with E-state index in [1.165, 1.54) is 41.4 Å². The average Bonchev–Trinajstić information content (AvgIpc) is 3.45. The molecule has 4 aromatic rings. The van der Waals surface area contributed by atoms with Crippen LogP contribution in [0.25, 0.3) is 17.1 Å². The van der Waals surface area contributed by atoms with Crippen LogP contribution in [0.1, 0.15) is 23.1 Å². The predicted molar refractivity (Wildman–Crippen MR) is 117 cm³/mol. The SMILES string of the molecule is CCOC(=O)c1nn(-c2ccc([N+](=O)[O-])cc2)cc1OCc1coc(-c2ccccc2Cl)n1. The summed E-state index contributed by atoms with van der Waals surface area (Å²) < 4.78 is 17.7. The molecule has 0 fully saturated rings. The fourth-order valence-corrected chi connectivity index (χ4v) is 3.16. The highest BCUT2D eigenvalue weighted by Crippen LogP contribution is 2.28. The van der Waals surface area contributed by atoms with Crippen molar-refractivity contribution >= 4 is 23.3 Å². The van der Waals surface area contributed by atoms with Crippen molar-refractivity contribution in [1.29, 1.82) is 0 Å². The van der Waals surface area contributed by atoms with Crippen molar-refractivity contribution in [2.75, 3.05) is 6.61 Å². The number of oxazole rings is 1. The Bertz CT molecular complexity index is 1300. The first-order valence-electron chi connectivity index (χ1n) is 9.80. The van der Waals surface area contributed by atoms with Gasteiger partial charge < -0.3 is 13.9 Å². The largest absolute Gasteiger partial charge is 0.483 e. The van der Waals surface area contributed by atoms with Crippen molar-refractivity contribution in [3.8, 4) is 22.9 Å². The van der Waals surface area contributed by atoms with E-state index in [4.69, 9.17) is 25.5 Å².